The molecule has 1 aromatic carbocycles. The van der Waals surface area contributed by atoms with Crippen molar-refractivity contribution in [1.29, 1.82) is 0 Å². The minimum atomic E-state index is -0.197. The van der Waals surface area contributed by atoms with E-state index in [4.69, 9.17) is 0 Å². The van der Waals surface area contributed by atoms with Crippen molar-refractivity contribution in [1.82, 2.24) is 20.2 Å². The lowest BCUT2D eigenvalue weighted by atomic mass is 10.1. The lowest BCUT2D eigenvalue weighted by Gasteiger charge is -2.02. The van der Waals surface area contributed by atoms with Crippen LogP contribution in [-0.4, -0.2) is 20.2 Å². The average molecular weight is 298 g/mol. The fraction of sp³-hybridized carbons (Fsp3) is 0.294. The first-order valence-electron chi connectivity index (χ1n) is 7.57. The van der Waals surface area contributed by atoms with E-state index in [0.29, 0.717) is 0 Å². The van der Waals surface area contributed by atoms with E-state index in [1.54, 1.807) is 18.3 Å². The maximum Gasteiger partial charge on any atom is 0.140 e. The van der Waals surface area contributed by atoms with Crippen molar-refractivity contribution in [3.8, 4) is 11.4 Å². The molecule has 0 aliphatic carbocycles. The number of imidazole rings is 1. The van der Waals surface area contributed by atoms with Gasteiger partial charge in [-0.25, -0.2) is 9.37 Å². The van der Waals surface area contributed by atoms with Gasteiger partial charge in [0.05, 0.1) is 11.8 Å². The first-order valence-corrected chi connectivity index (χ1v) is 7.57. The minimum absolute atomic E-state index is 0.197. The molecule has 2 aromatic heterocycles. The molecular formula is C17H19FN4. The molecule has 0 amide bonds. The second-order valence-electron chi connectivity index (χ2n) is 5.40. The van der Waals surface area contributed by atoms with Gasteiger partial charge in [-0.05, 0) is 37.0 Å². The number of halogens is 1. The predicted molar refractivity (Wildman–Crippen MR) is 84.0 cm³/mol. The number of aromatic amines is 2. The lowest BCUT2D eigenvalue weighted by Crippen LogP contribution is -1.95. The maximum absolute atomic E-state index is 13.2. The Hall–Kier alpha value is -2.43. The monoisotopic (exact) mass is 298 g/mol. The van der Waals surface area contributed by atoms with Crippen LogP contribution in [0.15, 0.2) is 36.7 Å². The third kappa shape index (κ3) is 3.24. The summed E-state index contributed by atoms with van der Waals surface area (Å²) >= 11 is 0. The van der Waals surface area contributed by atoms with Crippen molar-refractivity contribution in [2.45, 2.75) is 32.6 Å². The SMILES string of the molecule is CCCc1cnc(-c2cn[nH]c2CCc2cccc(F)c2)[nH]1. The summed E-state index contributed by atoms with van der Waals surface area (Å²) in [4.78, 5) is 7.76. The molecule has 0 fully saturated rings. The molecule has 114 valence electrons. The number of benzene rings is 1. The van der Waals surface area contributed by atoms with E-state index in [1.807, 2.05) is 12.3 Å². The topological polar surface area (TPSA) is 57.4 Å². The highest BCUT2D eigenvalue weighted by Crippen LogP contribution is 2.20. The zero-order valence-corrected chi connectivity index (χ0v) is 12.6. The standard InChI is InChI=1S/C17H19FN4/c1-2-4-14-10-19-17(21-14)15-11-20-22-16(15)8-7-12-5-3-6-13(18)9-12/h3,5-6,9-11H,2,4,7-8H2,1H3,(H,19,21)(H,20,22). The van der Waals surface area contributed by atoms with Crippen LogP contribution in [0.1, 0.15) is 30.3 Å². The third-order valence-electron chi connectivity index (χ3n) is 3.67. The molecule has 22 heavy (non-hydrogen) atoms. The van der Waals surface area contributed by atoms with Gasteiger partial charge in [-0.2, -0.15) is 5.10 Å². The predicted octanol–water partition coefficient (Wildman–Crippen LogP) is 3.68. The molecule has 0 atom stereocenters. The molecule has 3 aromatic rings. The number of nitrogens with one attached hydrogen (secondary N) is 2. The highest BCUT2D eigenvalue weighted by atomic mass is 19.1. The molecule has 0 aliphatic rings. The van der Waals surface area contributed by atoms with Crippen LogP contribution in [-0.2, 0) is 19.3 Å². The Kier molecular flexibility index (Phi) is 4.32. The van der Waals surface area contributed by atoms with E-state index in [0.717, 1.165) is 54.0 Å². The largest absolute Gasteiger partial charge is 0.342 e. The van der Waals surface area contributed by atoms with Gasteiger partial charge in [-0.15, -0.1) is 0 Å². The Morgan fingerprint density at radius 3 is 2.86 bits per heavy atom. The van der Waals surface area contributed by atoms with Crippen molar-refractivity contribution in [2.75, 3.05) is 0 Å². The van der Waals surface area contributed by atoms with Gasteiger partial charge >= 0.3 is 0 Å². The quantitative estimate of drug-likeness (QED) is 0.729. The van der Waals surface area contributed by atoms with Crippen LogP contribution in [0.25, 0.3) is 11.4 Å². The third-order valence-corrected chi connectivity index (χ3v) is 3.67. The Labute approximate surface area is 128 Å². The van der Waals surface area contributed by atoms with Gasteiger partial charge in [-0.3, -0.25) is 5.10 Å². The van der Waals surface area contributed by atoms with E-state index in [2.05, 4.69) is 27.1 Å². The number of hydrogen-bond donors (Lipinski definition) is 2. The van der Waals surface area contributed by atoms with Gasteiger partial charge in [0.1, 0.15) is 11.6 Å². The summed E-state index contributed by atoms with van der Waals surface area (Å²) in [6.07, 6.45) is 7.26. The van der Waals surface area contributed by atoms with E-state index in [-0.39, 0.29) is 5.82 Å². The Morgan fingerprint density at radius 2 is 2.05 bits per heavy atom. The fourth-order valence-electron chi connectivity index (χ4n) is 2.56. The first-order chi connectivity index (χ1) is 10.8. The fourth-order valence-corrected chi connectivity index (χ4v) is 2.56. The Morgan fingerprint density at radius 1 is 1.14 bits per heavy atom. The number of H-pyrrole nitrogens is 2. The van der Waals surface area contributed by atoms with Crippen molar-refractivity contribution in [2.24, 2.45) is 0 Å². The van der Waals surface area contributed by atoms with Crippen LogP contribution in [0, 0.1) is 5.82 Å². The normalized spacial score (nSPS) is 11.0. The summed E-state index contributed by atoms with van der Waals surface area (Å²) in [5, 5.41) is 7.15. The Balaban J connectivity index is 1.74. The molecule has 4 nitrogen and oxygen atoms in total. The maximum atomic E-state index is 13.2. The van der Waals surface area contributed by atoms with Crippen LogP contribution in [0.4, 0.5) is 4.39 Å². The van der Waals surface area contributed by atoms with Gasteiger partial charge in [0.15, 0.2) is 0 Å². The average Bonchev–Trinajstić information content (AvgIpc) is 3.14. The second kappa shape index (κ2) is 6.56. The number of aryl methyl sites for hydroxylation is 3. The summed E-state index contributed by atoms with van der Waals surface area (Å²) < 4.78 is 13.2. The molecule has 0 unspecified atom stereocenters. The number of aromatic nitrogens is 4. The van der Waals surface area contributed by atoms with Crippen LogP contribution in [0.3, 0.4) is 0 Å². The van der Waals surface area contributed by atoms with Crippen molar-refractivity contribution in [3.05, 3.63) is 59.4 Å². The van der Waals surface area contributed by atoms with E-state index in [1.165, 1.54) is 6.07 Å². The van der Waals surface area contributed by atoms with Crippen molar-refractivity contribution >= 4 is 0 Å². The van der Waals surface area contributed by atoms with Gasteiger partial charge in [0.2, 0.25) is 0 Å². The summed E-state index contributed by atoms with van der Waals surface area (Å²) in [7, 11) is 0. The molecule has 0 saturated carbocycles. The van der Waals surface area contributed by atoms with Gasteiger partial charge < -0.3 is 4.98 Å². The number of rotatable bonds is 6. The molecule has 3 rings (SSSR count). The smallest absolute Gasteiger partial charge is 0.140 e. The molecule has 2 N–H and O–H groups in total. The molecule has 0 radical (unpaired) electrons. The van der Waals surface area contributed by atoms with Crippen LogP contribution < -0.4 is 0 Å². The van der Waals surface area contributed by atoms with Crippen LogP contribution in [0.5, 0.6) is 0 Å². The van der Waals surface area contributed by atoms with Crippen molar-refractivity contribution < 1.29 is 4.39 Å². The van der Waals surface area contributed by atoms with Gasteiger partial charge in [-0.1, -0.05) is 25.5 Å². The van der Waals surface area contributed by atoms with E-state index in [9.17, 15) is 4.39 Å². The van der Waals surface area contributed by atoms with Crippen LogP contribution >= 0.6 is 0 Å². The lowest BCUT2D eigenvalue weighted by molar-refractivity contribution is 0.625. The van der Waals surface area contributed by atoms with E-state index >= 15 is 0 Å². The second-order valence-corrected chi connectivity index (χ2v) is 5.40. The van der Waals surface area contributed by atoms with E-state index < -0.39 is 0 Å². The molecule has 2 heterocycles. The molecule has 0 bridgehead atoms. The highest BCUT2D eigenvalue weighted by Gasteiger charge is 2.11. The van der Waals surface area contributed by atoms with Crippen LogP contribution in [0.2, 0.25) is 0 Å². The summed E-state index contributed by atoms with van der Waals surface area (Å²) in [6.45, 7) is 2.14. The summed E-state index contributed by atoms with van der Waals surface area (Å²) in [5.74, 6) is 0.643. The summed E-state index contributed by atoms with van der Waals surface area (Å²) in [5.41, 5.74) is 4.11. The summed E-state index contributed by atoms with van der Waals surface area (Å²) in [6, 6.07) is 6.71. The number of nitrogens with zero attached hydrogens (tertiary/aromatic N) is 2. The van der Waals surface area contributed by atoms with Gasteiger partial charge in [0.25, 0.3) is 0 Å². The zero-order valence-electron chi connectivity index (χ0n) is 12.6. The molecule has 0 aliphatic heterocycles. The highest BCUT2D eigenvalue weighted by molar-refractivity contribution is 5.57. The number of hydrogen-bond acceptors (Lipinski definition) is 2. The Bertz CT molecular complexity index is 744. The molecule has 5 heteroatoms. The zero-order chi connectivity index (χ0) is 15.4. The minimum Gasteiger partial charge on any atom is -0.342 e. The molecule has 0 spiro atoms. The molecular weight excluding hydrogens is 279 g/mol. The molecule has 0 saturated heterocycles. The van der Waals surface area contributed by atoms with Gasteiger partial charge in [0, 0.05) is 17.6 Å². The van der Waals surface area contributed by atoms with Crippen molar-refractivity contribution in [3.63, 3.8) is 0 Å². The first kappa shape index (κ1) is 14.5.